The van der Waals surface area contributed by atoms with Crippen molar-refractivity contribution in [2.75, 3.05) is 19.3 Å². The SMILES string of the molecule is CNCC(=Cc1cnccc1N)B1OC(C)(C)C(C)(C)O1. The average Bonchev–Trinajstić information content (AvgIpc) is 2.60. The molecule has 1 aliphatic heterocycles. The van der Waals surface area contributed by atoms with Crippen LogP contribution in [0.1, 0.15) is 33.3 Å². The zero-order chi connectivity index (χ0) is 15.7. The van der Waals surface area contributed by atoms with E-state index in [1.54, 1.807) is 18.5 Å². The minimum absolute atomic E-state index is 0.356. The quantitative estimate of drug-likeness (QED) is 0.828. The summed E-state index contributed by atoms with van der Waals surface area (Å²) in [6, 6.07) is 1.78. The molecular weight excluding hydrogens is 265 g/mol. The Morgan fingerprint density at radius 1 is 1.33 bits per heavy atom. The van der Waals surface area contributed by atoms with E-state index in [1.807, 2.05) is 40.8 Å². The fraction of sp³-hybridized carbons (Fsp3) is 0.533. The Kier molecular flexibility index (Phi) is 4.42. The molecule has 0 spiro atoms. The van der Waals surface area contributed by atoms with Crippen LogP contribution in [0.25, 0.3) is 6.08 Å². The highest BCUT2D eigenvalue weighted by atomic mass is 16.7. The van der Waals surface area contributed by atoms with Crippen LogP contribution in [0.15, 0.2) is 23.9 Å². The molecule has 2 rings (SSSR count). The van der Waals surface area contributed by atoms with E-state index in [0.29, 0.717) is 12.2 Å². The number of aromatic nitrogens is 1. The summed E-state index contributed by atoms with van der Waals surface area (Å²) in [5.41, 5.74) is 7.83. The van der Waals surface area contributed by atoms with Crippen LogP contribution in [-0.2, 0) is 9.31 Å². The Bertz CT molecular complexity index is 527. The Balaban J connectivity index is 2.31. The van der Waals surface area contributed by atoms with Crippen molar-refractivity contribution in [2.24, 2.45) is 0 Å². The molecule has 0 unspecified atom stereocenters. The molecule has 0 amide bonds. The number of anilines is 1. The third kappa shape index (κ3) is 3.28. The van der Waals surface area contributed by atoms with Gasteiger partial charge in [-0.25, -0.2) is 0 Å². The third-order valence-electron chi connectivity index (χ3n) is 4.16. The highest BCUT2D eigenvalue weighted by molar-refractivity contribution is 6.56. The lowest BCUT2D eigenvalue weighted by atomic mass is 9.77. The van der Waals surface area contributed by atoms with Crippen molar-refractivity contribution in [3.8, 4) is 0 Å². The van der Waals surface area contributed by atoms with Crippen molar-refractivity contribution in [1.29, 1.82) is 0 Å². The van der Waals surface area contributed by atoms with Gasteiger partial charge in [-0.3, -0.25) is 4.98 Å². The van der Waals surface area contributed by atoms with Crippen LogP contribution in [0.2, 0.25) is 0 Å². The fourth-order valence-electron chi connectivity index (χ4n) is 2.14. The van der Waals surface area contributed by atoms with E-state index in [0.717, 1.165) is 11.0 Å². The summed E-state index contributed by atoms with van der Waals surface area (Å²) >= 11 is 0. The molecule has 5 nitrogen and oxygen atoms in total. The molecular formula is C15H24BN3O2. The van der Waals surface area contributed by atoms with E-state index in [4.69, 9.17) is 15.0 Å². The number of hydrogen-bond acceptors (Lipinski definition) is 5. The van der Waals surface area contributed by atoms with Gasteiger partial charge in [0.15, 0.2) is 0 Å². The normalized spacial score (nSPS) is 20.8. The molecule has 21 heavy (non-hydrogen) atoms. The first-order chi connectivity index (χ1) is 9.77. The lowest BCUT2D eigenvalue weighted by molar-refractivity contribution is 0.00578. The maximum atomic E-state index is 6.10. The van der Waals surface area contributed by atoms with Crippen LogP contribution in [0, 0.1) is 0 Å². The Hall–Kier alpha value is -1.37. The topological polar surface area (TPSA) is 69.4 Å². The maximum absolute atomic E-state index is 6.10. The summed E-state index contributed by atoms with van der Waals surface area (Å²) < 4.78 is 12.2. The molecule has 1 fully saturated rings. The van der Waals surface area contributed by atoms with E-state index >= 15 is 0 Å². The first kappa shape index (κ1) is 16.0. The Morgan fingerprint density at radius 2 is 1.95 bits per heavy atom. The number of pyridine rings is 1. The zero-order valence-electron chi connectivity index (χ0n) is 13.4. The summed E-state index contributed by atoms with van der Waals surface area (Å²) in [5, 5.41) is 3.15. The van der Waals surface area contributed by atoms with Gasteiger partial charge in [-0.2, -0.15) is 0 Å². The average molecular weight is 289 g/mol. The van der Waals surface area contributed by atoms with E-state index in [9.17, 15) is 0 Å². The van der Waals surface area contributed by atoms with Gasteiger partial charge in [0.25, 0.3) is 0 Å². The molecule has 1 aliphatic rings. The van der Waals surface area contributed by atoms with E-state index in [2.05, 4.69) is 10.3 Å². The molecule has 0 saturated carbocycles. The number of nitrogens with one attached hydrogen (secondary N) is 1. The molecule has 0 atom stereocenters. The van der Waals surface area contributed by atoms with Gasteiger partial charge >= 0.3 is 7.12 Å². The van der Waals surface area contributed by atoms with E-state index in [-0.39, 0.29) is 18.3 Å². The highest BCUT2D eigenvalue weighted by Gasteiger charge is 2.52. The number of hydrogen-bond donors (Lipinski definition) is 2. The second kappa shape index (κ2) is 5.79. The molecule has 0 aliphatic carbocycles. The molecule has 0 bridgehead atoms. The van der Waals surface area contributed by atoms with E-state index in [1.165, 1.54) is 0 Å². The monoisotopic (exact) mass is 289 g/mol. The molecule has 0 aromatic carbocycles. The number of rotatable bonds is 4. The molecule has 114 valence electrons. The summed E-state index contributed by atoms with van der Waals surface area (Å²) in [4.78, 5) is 4.12. The van der Waals surface area contributed by atoms with Gasteiger partial charge in [0.1, 0.15) is 0 Å². The summed E-state index contributed by atoms with van der Waals surface area (Å²) in [7, 11) is 1.51. The van der Waals surface area contributed by atoms with Gasteiger partial charge in [0, 0.05) is 30.2 Å². The Morgan fingerprint density at radius 3 is 2.48 bits per heavy atom. The van der Waals surface area contributed by atoms with Gasteiger partial charge in [-0.1, -0.05) is 6.08 Å². The van der Waals surface area contributed by atoms with Crippen molar-refractivity contribution in [3.05, 3.63) is 29.5 Å². The lowest BCUT2D eigenvalue weighted by Gasteiger charge is -2.32. The van der Waals surface area contributed by atoms with Crippen molar-refractivity contribution < 1.29 is 9.31 Å². The van der Waals surface area contributed by atoms with Crippen LogP contribution < -0.4 is 11.1 Å². The van der Waals surface area contributed by atoms with Crippen LogP contribution in [0.4, 0.5) is 5.69 Å². The third-order valence-corrected chi connectivity index (χ3v) is 4.16. The Labute approximate surface area is 127 Å². The van der Waals surface area contributed by atoms with Gasteiger partial charge in [0.2, 0.25) is 0 Å². The molecule has 0 radical (unpaired) electrons. The van der Waals surface area contributed by atoms with Crippen molar-refractivity contribution in [2.45, 2.75) is 38.9 Å². The predicted octanol–water partition coefficient (Wildman–Crippen LogP) is 1.90. The van der Waals surface area contributed by atoms with E-state index < -0.39 is 0 Å². The maximum Gasteiger partial charge on any atom is 0.491 e. The molecule has 3 N–H and O–H groups in total. The smallest absolute Gasteiger partial charge is 0.400 e. The van der Waals surface area contributed by atoms with Crippen LogP contribution in [0.3, 0.4) is 0 Å². The number of nitrogens with zero attached hydrogens (tertiary/aromatic N) is 1. The van der Waals surface area contributed by atoms with Gasteiger partial charge in [-0.15, -0.1) is 0 Å². The molecule has 1 aromatic heterocycles. The first-order valence-electron chi connectivity index (χ1n) is 7.17. The number of likely N-dealkylation sites (N-methyl/N-ethyl adjacent to an activating group) is 1. The summed E-state index contributed by atoms with van der Waals surface area (Å²) in [6.45, 7) is 8.83. The fourth-order valence-corrected chi connectivity index (χ4v) is 2.14. The largest absolute Gasteiger partial charge is 0.491 e. The number of nitrogens with two attached hydrogens (primary N) is 1. The second-order valence-corrected chi connectivity index (χ2v) is 6.34. The lowest BCUT2D eigenvalue weighted by Crippen LogP contribution is -2.41. The van der Waals surface area contributed by atoms with Crippen molar-refractivity contribution >= 4 is 18.9 Å². The van der Waals surface area contributed by atoms with Crippen LogP contribution in [-0.4, -0.2) is 36.9 Å². The predicted molar refractivity (Wildman–Crippen MR) is 86.6 cm³/mol. The number of nitrogen functional groups attached to an aromatic ring is 1. The minimum Gasteiger partial charge on any atom is -0.400 e. The van der Waals surface area contributed by atoms with Crippen LogP contribution >= 0.6 is 0 Å². The standard InChI is InChI=1S/C15H24BN3O2/c1-14(2)15(3,4)21-16(20-14)12(10-18-5)8-11-9-19-7-6-13(11)17/h6-9,18H,10H2,1-5H3,(H2,17,19). The molecule has 2 heterocycles. The minimum atomic E-state index is -0.387. The van der Waals surface area contributed by atoms with Crippen LogP contribution in [0.5, 0.6) is 0 Å². The molecule has 1 saturated heterocycles. The van der Waals surface area contributed by atoms with Gasteiger partial charge in [0.05, 0.1) is 11.2 Å². The molecule has 6 heteroatoms. The highest BCUT2D eigenvalue weighted by Crippen LogP contribution is 2.38. The first-order valence-corrected chi connectivity index (χ1v) is 7.17. The van der Waals surface area contributed by atoms with Gasteiger partial charge < -0.3 is 20.4 Å². The van der Waals surface area contributed by atoms with Gasteiger partial charge in [-0.05, 0) is 46.3 Å². The molecule has 1 aromatic rings. The zero-order valence-corrected chi connectivity index (χ0v) is 13.4. The van der Waals surface area contributed by atoms with Crippen molar-refractivity contribution in [1.82, 2.24) is 10.3 Å². The van der Waals surface area contributed by atoms with Crippen molar-refractivity contribution in [3.63, 3.8) is 0 Å². The second-order valence-electron chi connectivity index (χ2n) is 6.34. The summed E-state index contributed by atoms with van der Waals surface area (Å²) in [6.07, 6.45) is 5.41. The summed E-state index contributed by atoms with van der Waals surface area (Å²) in [5.74, 6) is 0.